The van der Waals surface area contributed by atoms with Gasteiger partial charge in [-0.1, -0.05) is 17.8 Å². The molecule has 0 unspecified atom stereocenters. The lowest BCUT2D eigenvalue weighted by molar-refractivity contribution is 0.287. The quantitative estimate of drug-likeness (QED) is 0.601. The van der Waals surface area contributed by atoms with Crippen molar-refractivity contribution in [1.29, 1.82) is 0 Å². The number of thioether (sulfide) groups is 1. The molecule has 0 atom stereocenters. The molecule has 0 spiro atoms. The molecule has 0 aliphatic heterocycles. The van der Waals surface area contributed by atoms with Gasteiger partial charge in [0.05, 0.1) is 0 Å². The third-order valence-corrected chi connectivity index (χ3v) is 4.84. The summed E-state index contributed by atoms with van der Waals surface area (Å²) in [6.45, 7) is 3.20. The minimum atomic E-state index is 0.269. The molecule has 6 heteroatoms. The Bertz CT molecular complexity index is 482. The van der Waals surface area contributed by atoms with Crippen LogP contribution in [-0.4, -0.2) is 32.2 Å². The molecule has 4 nitrogen and oxygen atoms in total. The van der Waals surface area contributed by atoms with Crippen molar-refractivity contribution in [3.8, 4) is 0 Å². The molecule has 0 bridgehead atoms. The second-order valence-corrected chi connectivity index (χ2v) is 6.38. The number of aryl methyl sites for hydroxylation is 2. The average Bonchev–Trinajstić information content (AvgIpc) is 3.03. The highest BCUT2D eigenvalue weighted by Crippen LogP contribution is 2.19. The Morgan fingerprint density at radius 1 is 1.37 bits per heavy atom. The Morgan fingerprint density at radius 2 is 2.26 bits per heavy atom. The van der Waals surface area contributed by atoms with Crippen molar-refractivity contribution in [3.05, 3.63) is 28.2 Å². The number of unbranched alkanes of at least 4 members (excludes halogenated alkanes) is 1. The van der Waals surface area contributed by atoms with Crippen LogP contribution in [0.5, 0.6) is 0 Å². The summed E-state index contributed by atoms with van der Waals surface area (Å²) >= 11 is 3.52. The third-order valence-electron chi connectivity index (χ3n) is 2.85. The van der Waals surface area contributed by atoms with Crippen LogP contribution in [0, 0.1) is 6.92 Å². The molecule has 2 rings (SSSR count). The maximum Gasteiger partial charge on any atom is 0.191 e. The number of nitrogens with zero attached hydrogens (tertiary/aromatic N) is 3. The van der Waals surface area contributed by atoms with Gasteiger partial charge < -0.3 is 9.67 Å². The highest BCUT2D eigenvalue weighted by Gasteiger charge is 2.09. The van der Waals surface area contributed by atoms with Gasteiger partial charge in [-0.05, 0) is 37.6 Å². The number of aliphatic hydroxyl groups is 1. The lowest BCUT2D eigenvalue weighted by Crippen LogP contribution is -2.04. The Morgan fingerprint density at radius 3 is 3.00 bits per heavy atom. The second kappa shape index (κ2) is 7.67. The van der Waals surface area contributed by atoms with Gasteiger partial charge in [0.25, 0.3) is 0 Å². The van der Waals surface area contributed by atoms with Crippen molar-refractivity contribution in [3.63, 3.8) is 0 Å². The number of aromatic nitrogens is 3. The van der Waals surface area contributed by atoms with E-state index in [2.05, 4.69) is 32.3 Å². The van der Waals surface area contributed by atoms with Gasteiger partial charge in [0, 0.05) is 23.8 Å². The van der Waals surface area contributed by atoms with Crippen molar-refractivity contribution in [1.82, 2.24) is 14.8 Å². The van der Waals surface area contributed by atoms with Crippen molar-refractivity contribution in [2.24, 2.45) is 0 Å². The minimum absolute atomic E-state index is 0.269. The van der Waals surface area contributed by atoms with Crippen LogP contribution in [0.4, 0.5) is 0 Å². The molecule has 2 heterocycles. The number of hydrogen-bond donors (Lipinski definition) is 1. The van der Waals surface area contributed by atoms with Gasteiger partial charge in [-0.25, -0.2) is 0 Å². The van der Waals surface area contributed by atoms with E-state index in [4.69, 9.17) is 5.11 Å². The van der Waals surface area contributed by atoms with Crippen molar-refractivity contribution in [2.75, 3.05) is 12.4 Å². The number of thiophene rings is 1. The summed E-state index contributed by atoms with van der Waals surface area (Å²) in [6.07, 6.45) is 2.90. The predicted molar refractivity (Wildman–Crippen MR) is 79.8 cm³/mol. The summed E-state index contributed by atoms with van der Waals surface area (Å²) < 4.78 is 2.18. The molecule has 0 amide bonds. The normalized spacial score (nSPS) is 11.1. The first-order valence-electron chi connectivity index (χ1n) is 6.47. The summed E-state index contributed by atoms with van der Waals surface area (Å²) in [4.78, 5) is 1.39. The summed E-state index contributed by atoms with van der Waals surface area (Å²) in [5.74, 6) is 1.96. The lowest BCUT2D eigenvalue weighted by Gasteiger charge is -2.07. The topological polar surface area (TPSA) is 50.9 Å². The molecule has 0 radical (unpaired) electrons. The molecule has 19 heavy (non-hydrogen) atoms. The Hall–Kier alpha value is -0.850. The van der Waals surface area contributed by atoms with Crippen LogP contribution < -0.4 is 0 Å². The fraction of sp³-hybridized carbons (Fsp3) is 0.538. The van der Waals surface area contributed by atoms with Crippen molar-refractivity contribution in [2.45, 2.75) is 37.9 Å². The average molecular weight is 297 g/mol. The van der Waals surface area contributed by atoms with Gasteiger partial charge in [0.1, 0.15) is 5.82 Å². The molecule has 0 fully saturated rings. The largest absolute Gasteiger partial charge is 0.396 e. The van der Waals surface area contributed by atoms with Crippen LogP contribution in [0.25, 0.3) is 0 Å². The highest BCUT2D eigenvalue weighted by atomic mass is 32.2. The fourth-order valence-electron chi connectivity index (χ4n) is 1.78. The SMILES string of the molecule is Cc1nnc(SCCCCO)n1CCc1cccs1. The summed E-state index contributed by atoms with van der Waals surface area (Å²) in [5, 5.41) is 20.3. The van der Waals surface area contributed by atoms with Gasteiger partial charge >= 0.3 is 0 Å². The van der Waals surface area contributed by atoms with E-state index in [-0.39, 0.29) is 6.61 Å². The predicted octanol–water partition coefficient (Wildman–Crippen LogP) is 2.76. The standard InChI is InChI=1S/C13H19N3OS2/c1-11-14-15-13(19-9-3-2-8-17)16(11)7-6-12-5-4-10-18-12/h4-5,10,17H,2-3,6-9H2,1H3. The van der Waals surface area contributed by atoms with E-state index in [1.165, 1.54) is 4.88 Å². The molecule has 1 N–H and O–H groups in total. The Kier molecular flexibility index (Phi) is 5.88. The summed E-state index contributed by atoms with van der Waals surface area (Å²) in [7, 11) is 0. The zero-order chi connectivity index (χ0) is 13.5. The molecule has 0 aliphatic rings. The van der Waals surface area contributed by atoms with E-state index in [9.17, 15) is 0 Å². The van der Waals surface area contributed by atoms with Crippen LogP contribution in [0.15, 0.2) is 22.7 Å². The zero-order valence-electron chi connectivity index (χ0n) is 11.1. The van der Waals surface area contributed by atoms with E-state index in [1.807, 2.05) is 6.92 Å². The van der Waals surface area contributed by atoms with Crippen LogP contribution >= 0.6 is 23.1 Å². The zero-order valence-corrected chi connectivity index (χ0v) is 12.7. The van der Waals surface area contributed by atoms with Gasteiger partial charge in [0.15, 0.2) is 5.16 Å². The van der Waals surface area contributed by atoms with E-state index < -0.39 is 0 Å². The van der Waals surface area contributed by atoms with Crippen LogP contribution in [0.3, 0.4) is 0 Å². The number of aliphatic hydroxyl groups excluding tert-OH is 1. The molecule has 2 aromatic heterocycles. The Balaban J connectivity index is 1.89. The van der Waals surface area contributed by atoms with E-state index in [0.717, 1.165) is 42.5 Å². The number of rotatable bonds is 8. The first-order valence-corrected chi connectivity index (χ1v) is 8.33. The molecule has 0 aliphatic carbocycles. The molecular formula is C13H19N3OS2. The monoisotopic (exact) mass is 297 g/mol. The molecule has 104 valence electrons. The molecule has 0 saturated heterocycles. The van der Waals surface area contributed by atoms with Gasteiger partial charge in [-0.3, -0.25) is 0 Å². The minimum Gasteiger partial charge on any atom is -0.396 e. The lowest BCUT2D eigenvalue weighted by atomic mass is 10.3. The first-order chi connectivity index (χ1) is 9.31. The van der Waals surface area contributed by atoms with Gasteiger partial charge in [-0.2, -0.15) is 0 Å². The smallest absolute Gasteiger partial charge is 0.191 e. The van der Waals surface area contributed by atoms with E-state index >= 15 is 0 Å². The van der Waals surface area contributed by atoms with Crippen molar-refractivity contribution >= 4 is 23.1 Å². The maximum atomic E-state index is 8.77. The second-order valence-electron chi connectivity index (χ2n) is 4.29. The van der Waals surface area contributed by atoms with Crippen LogP contribution in [-0.2, 0) is 13.0 Å². The highest BCUT2D eigenvalue weighted by molar-refractivity contribution is 7.99. The van der Waals surface area contributed by atoms with E-state index in [0.29, 0.717) is 0 Å². The first kappa shape index (κ1) is 14.6. The number of hydrogen-bond acceptors (Lipinski definition) is 5. The molecule has 2 aromatic rings. The molecule has 0 aromatic carbocycles. The van der Waals surface area contributed by atoms with Crippen molar-refractivity contribution < 1.29 is 5.11 Å². The summed E-state index contributed by atoms with van der Waals surface area (Å²) in [6, 6.07) is 4.25. The van der Waals surface area contributed by atoms with E-state index in [1.54, 1.807) is 23.1 Å². The maximum absolute atomic E-state index is 8.77. The Labute approximate surface area is 121 Å². The van der Waals surface area contributed by atoms with Gasteiger partial charge in [0.2, 0.25) is 0 Å². The van der Waals surface area contributed by atoms with Crippen LogP contribution in [0.2, 0.25) is 0 Å². The van der Waals surface area contributed by atoms with Gasteiger partial charge in [-0.15, -0.1) is 21.5 Å². The third kappa shape index (κ3) is 4.33. The fourth-order valence-corrected chi connectivity index (χ4v) is 3.49. The molecule has 0 saturated carbocycles. The van der Waals surface area contributed by atoms with Crippen LogP contribution in [0.1, 0.15) is 23.5 Å². The molecular weight excluding hydrogens is 278 g/mol. The summed E-state index contributed by atoms with van der Waals surface area (Å²) in [5.41, 5.74) is 0.